The summed E-state index contributed by atoms with van der Waals surface area (Å²) in [5.74, 6) is 1.60. The second-order valence-corrected chi connectivity index (χ2v) is 5.64. The molecular weight excluding hydrogens is 441 g/mol. The van der Waals surface area contributed by atoms with Crippen LogP contribution in [0.25, 0.3) is 5.65 Å². The first-order valence-electron chi connectivity index (χ1n) is 8.32. The number of aromatic nitrogens is 2. The van der Waals surface area contributed by atoms with Gasteiger partial charge in [0.05, 0.1) is 18.8 Å². The number of benzene rings is 1. The molecule has 6 nitrogen and oxygen atoms in total. The number of para-hydroxylation sites is 1. The zero-order chi connectivity index (χ0) is 17.5. The molecule has 3 aromatic rings. The van der Waals surface area contributed by atoms with Gasteiger partial charge in [0.1, 0.15) is 18.0 Å². The highest BCUT2D eigenvalue weighted by molar-refractivity contribution is 14.0. The Bertz CT molecular complexity index is 848. The Hall–Kier alpha value is -2.29. The van der Waals surface area contributed by atoms with Gasteiger partial charge in [0.25, 0.3) is 0 Å². The third kappa shape index (κ3) is 5.35. The van der Waals surface area contributed by atoms with Crippen molar-refractivity contribution in [3.63, 3.8) is 0 Å². The molecule has 2 heterocycles. The highest BCUT2D eigenvalue weighted by atomic mass is 127. The Labute approximate surface area is 170 Å². The van der Waals surface area contributed by atoms with Gasteiger partial charge in [-0.3, -0.25) is 4.99 Å². The molecule has 7 heteroatoms. The molecule has 2 aromatic heterocycles. The Morgan fingerprint density at radius 2 is 1.92 bits per heavy atom. The Morgan fingerprint density at radius 3 is 2.65 bits per heavy atom. The predicted octanol–water partition coefficient (Wildman–Crippen LogP) is 3.00. The second kappa shape index (κ2) is 10.0. The Kier molecular flexibility index (Phi) is 7.71. The van der Waals surface area contributed by atoms with E-state index in [1.165, 1.54) is 0 Å². The van der Waals surface area contributed by atoms with Crippen molar-refractivity contribution in [1.29, 1.82) is 0 Å². The number of nitrogens with zero attached hydrogens (tertiary/aromatic N) is 3. The lowest BCUT2D eigenvalue weighted by molar-refractivity contribution is 0.322. The van der Waals surface area contributed by atoms with E-state index in [1.54, 1.807) is 7.05 Å². The minimum Gasteiger partial charge on any atom is -0.492 e. The van der Waals surface area contributed by atoms with E-state index < -0.39 is 0 Å². The van der Waals surface area contributed by atoms with E-state index in [2.05, 4.69) is 38.0 Å². The van der Waals surface area contributed by atoms with Gasteiger partial charge >= 0.3 is 0 Å². The number of fused-ring (bicyclic) bond motifs is 1. The highest BCUT2D eigenvalue weighted by Crippen LogP contribution is 2.08. The molecule has 0 spiro atoms. The largest absolute Gasteiger partial charge is 0.492 e. The summed E-state index contributed by atoms with van der Waals surface area (Å²) in [7, 11) is 1.75. The van der Waals surface area contributed by atoms with Crippen LogP contribution < -0.4 is 15.4 Å². The fourth-order valence-electron chi connectivity index (χ4n) is 2.53. The van der Waals surface area contributed by atoms with E-state index in [4.69, 9.17) is 4.74 Å². The summed E-state index contributed by atoms with van der Waals surface area (Å²) in [4.78, 5) is 8.83. The summed E-state index contributed by atoms with van der Waals surface area (Å²) < 4.78 is 7.74. The summed E-state index contributed by atoms with van der Waals surface area (Å²) in [6.45, 7) is 3.91. The van der Waals surface area contributed by atoms with Crippen molar-refractivity contribution in [3.05, 3.63) is 66.1 Å². The van der Waals surface area contributed by atoms with Crippen molar-refractivity contribution in [2.75, 3.05) is 20.2 Å². The first-order valence-corrected chi connectivity index (χ1v) is 8.32. The fourth-order valence-corrected chi connectivity index (χ4v) is 2.53. The van der Waals surface area contributed by atoms with E-state index in [1.807, 2.05) is 48.7 Å². The van der Waals surface area contributed by atoms with Crippen LogP contribution >= 0.6 is 24.0 Å². The molecule has 0 atom stereocenters. The number of hydrogen-bond donors (Lipinski definition) is 2. The van der Waals surface area contributed by atoms with Crippen LogP contribution in [0.3, 0.4) is 0 Å². The normalized spacial score (nSPS) is 11.1. The van der Waals surface area contributed by atoms with Crippen molar-refractivity contribution in [2.45, 2.75) is 13.5 Å². The molecule has 0 fully saturated rings. The van der Waals surface area contributed by atoms with Gasteiger partial charge < -0.3 is 19.8 Å². The van der Waals surface area contributed by atoms with Crippen LogP contribution in [0, 0.1) is 6.92 Å². The smallest absolute Gasteiger partial charge is 0.191 e. The molecule has 0 amide bonds. The average Bonchev–Trinajstić information content (AvgIpc) is 3.06. The van der Waals surface area contributed by atoms with Crippen LogP contribution in [0.1, 0.15) is 11.4 Å². The zero-order valence-electron chi connectivity index (χ0n) is 15.0. The lowest BCUT2D eigenvalue weighted by atomic mass is 10.3. The van der Waals surface area contributed by atoms with Crippen LogP contribution in [-0.2, 0) is 6.54 Å². The monoisotopic (exact) mass is 465 g/mol. The first-order chi connectivity index (χ1) is 12.3. The number of rotatable bonds is 6. The van der Waals surface area contributed by atoms with Gasteiger partial charge in [0.15, 0.2) is 5.96 Å². The van der Waals surface area contributed by atoms with Gasteiger partial charge in [-0.1, -0.05) is 24.3 Å². The number of aliphatic imine (C=N–C) groups is 1. The summed E-state index contributed by atoms with van der Waals surface area (Å²) in [5.41, 5.74) is 3.09. The van der Waals surface area contributed by atoms with Crippen molar-refractivity contribution < 1.29 is 4.74 Å². The van der Waals surface area contributed by atoms with Crippen molar-refractivity contribution in [1.82, 2.24) is 20.0 Å². The fraction of sp³-hybridized carbons (Fsp3) is 0.263. The number of guanidine groups is 1. The second-order valence-electron chi connectivity index (χ2n) is 5.64. The maximum Gasteiger partial charge on any atom is 0.191 e. The summed E-state index contributed by atoms with van der Waals surface area (Å²) in [6.07, 6.45) is 2.05. The SMILES string of the molecule is CN=C(NCCOc1ccccc1)NCc1cn2c(C)cccc2n1.I. The van der Waals surface area contributed by atoms with E-state index in [-0.39, 0.29) is 24.0 Å². The van der Waals surface area contributed by atoms with Gasteiger partial charge in [-0.15, -0.1) is 24.0 Å². The van der Waals surface area contributed by atoms with Crippen LogP contribution in [0.5, 0.6) is 5.75 Å². The molecule has 2 N–H and O–H groups in total. The Morgan fingerprint density at radius 1 is 1.12 bits per heavy atom. The molecule has 26 heavy (non-hydrogen) atoms. The Balaban J connectivity index is 0.00000243. The van der Waals surface area contributed by atoms with E-state index in [0.717, 1.165) is 28.7 Å². The first kappa shape index (κ1) is 20.0. The number of aryl methyl sites for hydroxylation is 1. The van der Waals surface area contributed by atoms with E-state index in [0.29, 0.717) is 19.7 Å². The molecule has 0 saturated heterocycles. The van der Waals surface area contributed by atoms with Crippen molar-refractivity contribution >= 4 is 35.6 Å². The molecule has 0 unspecified atom stereocenters. The highest BCUT2D eigenvalue weighted by Gasteiger charge is 2.04. The van der Waals surface area contributed by atoms with Crippen LogP contribution in [0.4, 0.5) is 0 Å². The molecule has 0 saturated carbocycles. The van der Waals surface area contributed by atoms with Crippen molar-refractivity contribution in [3.8, 4) is 5.75 Å². The summed E-state index contributed by atoms with van der Waals surface area (Å²) in [6, 6.07) is 15.9. The van der Waals surface area contributed by atoms with Gasteiger partial charge in [0.2, 0.25) is 0 Å². The molecule has 0 aliphatic rings. The molecule has 0 aliphatic heterocycles. The number of hydrogen-bond acceptors (Lipinski definition) is 3. The number of ether oxygens (including phenoxy) is 1. The summed E-state index contributed by atoms with van der Waals surface area (Å²) >= 11 is 0. The van der Waals surface area contributed by atoms with E-state index in [9.17, 15) is 0 Å². The topological polar surface area (TPSA) is 63.0 Å². The van der Waals surface area contributed by atoms with Crippen molar-refractivity contribution in [2.24, 2.45) is 4.99 Å². The van der Waals surface area contributed by atoms with Gasteiger partial charge in [-0.25, -0.2) is 4.98 Å². The number of pyridine rings is 1. The third-order valence-electron chi connectivity index (χ3n) is 3.81. The third-order valence-corrected chi connectivity index (χ3v) is 3.81. The van der Waals surface area contributed by atoms with E-state index >= 15 is 0 Å². The summed E-state index contributed by atoms with van der Waals surface area (Å²) in [5, 5.41) is 6.51. The number of imidazole rings is 1. The number of nitrogens with one attached hydrogen (secondary N) is 2. The standard InChI is InChI=1S/C19H23N5O.HI/c1-15-7-6-10-18-23-16(14-24(15)18)13-22-19(20-2)21-11-12-25-17-8-4-3-5-9-17;/h3-10,14H,11-13H2,1-2H3,(H2,20,21,22);1H. The van der Waals surface area contributed by atoms with Crippen LogP contribution in [-0.4, -0.2) is 35.5 Å². The van der Waals surface area contributed by atoms with Gasteiger partial charge in [0, 0.05) is 18.9 Å². The molecular formula is C19H24IN5O. The lowest BCUT2D eigenvalue weighted by Gasteiger charge is -2.11. The maximum absolute atomic E-state index is 5.66. The average molecular weight is 465 g/mol. The molecule has 3 rings (SSSR count). The minimum absolute atomic E-state index is 0. The predicted molar refractivity (Wildman–Crippen MR) is 115 cm³/mol. The zero-order valence-corrected chi connectivity index (χ0v) is 17.3. The quantitative estimate of drug-likeness (QED) is 0.254. The van der Waals surface area contributed by atoms with Gasteiger partial charge in [-0.05, 0) is 31.2 Å². The maximum atomic E-state index is 5.66. The molecule has 0 bridgehead atoms. The lowest BCUT2D eigenvalue weighted by Crippen LogP contribution is -2.38. The molecule has 0 radical (unpaired) electrons. The molecule has 138 valence electrons. The number of halogens is 1. The van der Waals surface area contributed by atoms with Gasteiger partial charge in [-0.2, -0.15) is 0 Å². The van der Waals surface area contributed by atoms with Crippen LogP contribution in [0.2, 0.25) is 0 Å². The minimum atomic E-state index is 0. The molecule has 0 aliphatic carbocycles. The molecule has 1 aromatic carbocycles. The van der Waals surface area contributed by atoms with Crippen LogP contribution in [0.15, 0.2) is 59.7 Å².